The topological polar surface area (TPSA) is 55.2 Å². The van der Waals surface area contributed by atoms with Crippen molar-refractivity contribution in [3.63, 3.8) is 0 Å². The highest BCUT2D eigenvalue weighted by Gasteiger charge is 2.44. The maximum Gasteiger partial charge on any atom is 0.131 e. The molecule has 0 aliphatic heterocycles. The van der Waals surface area contributed by atoms with Crippen LogP contribution in [0.4, 0.5) is 0 Å². The van der Waals surface area contributed by atoms with Crippen molar-refractivity contribution < 1.29 is 14.3 Å². The van der Waals surface area contributed by atoms with Crippen LogP contribution in [0.15, 0.2) is 91.6 Å². The van der Waals surface area contributed by atoms with Crippen LogP contribution in [-0.4, -0.2) is 45.3 Å². The van der Waals surface area contributed by atoms with E-state index in [4.69, 9.17) is 9.72 Å². The number of benzene rings is 3. The Morgan fingerprint density at radius 3 is 2.18 bits per heavy atom. The fourth-order valence-corrected chi connectivity index (χ4v) is 6.41. The molecule has 5 aromatic rings. The Bertz CT molecular complexity index is 1580. The molecule has 0 spiro atoms. The Hall–Kier alpha value is -3.80. The van der Waals surface area contributed by atoms with Gasteiger partial charge in [-0.2, -0.15) is 0 Å². The zero-order chi connectivity index (χ0) is 27.6. The van der Waals surface area contributed by atoms with Gasteiger partial charge in [-0.15, -0.1) is 0 Å². The number of hydrogen-bond acceptors (Lipinski definition) is 4. The van der Waals surface area contributed by atoms with Crippen molar-refractivity contribution in [2.75, 3.05) is 13.7 Å². The zero-order valence-corrected chi connectivity index (χ0v) is 23.3. The van der Waals surface area contributed by atoms with E-state index in [1.54, 1.807) is 13.3 Å². The van der Waals surface area contributed by atoms with Crippen LogP contribution in [0.1, 0.15) is 44.4 Å². The number of methoxy groups -OCH3 is 1. The third-order valence-electron chi connectivity index (χ3n) is 8.64. The molecule has 39 heavy (non-hydrogen) atoms. The second kappa shape index (κ2) is 11.1. The van der Waals surface area contributed by atoms with Gasteiger partial charge in [0.25, 0.3) is 0 Å². The number of likely N-dealkylation sites (N-methyl/N-ethyl adjacent to an activating group) is 1. The summed E-state index contributed by atoms with van der Waals surface area (Å²) in [5, 5.41) is 15.5. The monoisotopic (exact) mass is 520 g/mol. The van der Waals surface area contributed by atoms with E-state index < -0.39 is 6.10 Å². The van der Waals surface area contributed by atoms with Gasteiger partial charge < -0.3 is 14.3 Å². The van der Waals surface area contributed by atoms with Gasteiger partial charge in [0.05, 0.1) is 30.2 Å². The summed E-state index contributed by atoms with van der Waals surface area (Å²) in [6, 6.07) is 24.6. The first kappa shape index (κ1) is 26.8. The second-order valence-electron chi connectivity index (χ2n) is 10.4. The standard InChI is InChI=1S/C34H38N3O2/c1-6-23(4)37(8-3,22-29-25-13-9-11-15-31(25)36-32-16-12-10-14-26(29)32)33(7-2)34(38)27-19-20-35-30-18-17-24(39-5)21-28(27)30/h6,9-21,23,33-34,38H,1,7-8,22H2,2-5H3/q+1. The number of pyridine rings is 2. The van der Waals surface area contributed by atoms with E-state index in [0.717, 1.165) is 63.5 Å². The maximum absolute atomic E-state index is 12.2. The van der Waals surface area contributed by atoms with Crippen molar-refractivity contribution in [2.45, 2.75) is 51.9 Å². The van der Waals surface area contributed by atoms with Crippen molar-refractivity contribution in [1.82, 2.24) is 9.97 Å². The lowest BCUT2D eigenvalue weighted by atomic mass is 9.90. The maximum atomic E-state index is 12.2. The normalized spacial score (nSPS) is 15.6. The molecule has 0 radical (unpaired) electrons. The van der Waals surface area contributed by atoms with Crippen LogP contribution in [-0.2, 0) is 6.54 Å². The number of nitrogens with zero attached hydrogens (tertiary/aromatic N) is 3. The molecule has 5 nitrogen and oxygen atoms in total. The van der Waals surface area contributed by atoms with Gasteiger partial charge in [0.15, 0.2) is 0 Å². The molecule has 0 bridgehead atoms. The summed E-state index contributed by atoms with van der Waals surface area (Å²) in [6.07, 6.45) is 3.91. The van der Waals surface area contributed by atoms with Crippen molar-refractivity contribution in [3.05, 3.63) is 103 Å². The van der Waals surface area contributed by atoms with Crippen LogP contribution in [0.25, 0.3) is 32.7 Å². The van der Waals surface area contributed by atoms with Gasteiger partial charge in [-0.05, 0) is 68.3 Å². The van der Waals surface area contributed by atoms with E-state index in [9.17, 15) is 5.11 Å². The minimum Gasteiger partial charge on any atom is -0.497 e. The molecule has 5 rings (SSSR count). The van der Waals surface area contributed by atoms with Gasteiger partial charge >= 0.3 is 0 Å². The average molecular weight is 521 g/mol. The van der Waals surface area contributed by atoms with E-state index in [1.807, 2.05) is 42.5 Å². The van der Waals surface area contributed by atoms with Crippen LogP contribution < -0.4 is 4.74 Å². The third kappa shape index (κ3) is 4.66. The minimum atomic E-state index is -0.714. The molecule has 2 heterocycles. The number of hydrogen-bond donors (Lipinski definition) is 1. The summed E-state index contributed by atoms with van der Waals surface area (Å²) in [4.78, 5) is 9.52. The fourth-order valence-electron chi connectivity index (χ4n) is 6.41. The fraction of sp³-hybridized carbons (Fsp3) is 0.294. The van der Waals surface area contributed by atoms with Gasteiger partial charge in [-0.1, -0.05) is 49.9 Å². The number of quaternary nitrogens is 1. The summed E-state index contributed by atoms with van der Waals surface area (Å²) < 4.78 is 6.18. The first-order chi connectivity index (χ1) is 19.0. The molecule has 200 valence electrons. The van der Waals surface area contributed by atoms with Crippen LogP contribution in [0.3, 0.4) is 0 Å². The molecule has 0 aliphatic rings. The Balaban J connectivity index is 1.71. The molecule has 0 saturated heterocycles. The number of fused-ring (bicyclic) bond motifs is 3. The van der Waals surface area contributed by atoms with Crippen molar-refractivity contribution >= 4 is 32.7 Å². The van der Waals surface area contributed by atoms with E-state index in [-0.39, 0.29) is 12.1 Å². The van der Waals surface area contributed by atoms with Gasteiger partial charge in [0.2, 0.25) is 0 Å². The zero-order valence-electron chi connectivity index (χ0n) is 23.3. The minimum absolute atomic E-state index is 0.0921. The molecule has 0 saturated carbocycles. The highest BCUT2D eigenvalue weighted by Crippen LogP contribution is 2.39. The van der Waals surface area contributed by atoms with Crippen molar-refractivity contribution in [2.24, 2.45) is 0 Å². The van der Waals surface area contributed by atoms with E-state index >= 15 is 0 Å². The quantitative estimate of drug-likeness (QED) is 0.119. The highest BCUT2D eigenvalue weighted by molar-refractivity contribution is 5.97. The number of rotatable bonds is 10. The lowest BCUT2D eigenvalue weighted by Crippen LogP contribution is -2.61. The first-order valence-corrected chi connectivity index (χ1v) is 13.8. The molecule has 0 aliphatic carbocycles. The second-order valence-corrected chi connectivity index (χ2v) is 10.4. The van der Waals surface area contributed by atoms with E-state index in [2.05, 4.69) is 68.7 Å². The Morgan fingerprint density at radius 1 is 0.923 bits per heavy atom. The molecular formula is C34H38N3O2+. The lowest BCUT2D eigenvalue weighted by molar-refractivity contribution is -0.980. The molecule has 1 N–H and O–H groups in total. The summed E-state index contributed by atoms with van der Waals surface area (Å²) in [5.74, 6) is 0.752. The molecule has 2 aromatic heterocycles. The Morgan fingerprint density at radius 2 is 1.59 bits per heavy atom. The summed E-state index contributed by atoms with van der Waals surface area (Å²) in [5.41, 5.74) is 4.97. The van der Waals surface area contributed by atoms with Crippen molar-refractivity contribution in [1.29, 1.82) is 0 Å². The van der Waals surface area contributed by atoms with E-state index in [1.165, 1.54) is 5.56 Å². The molecule has 4 unspecified atom stereocenters. The number of para-hydroxylation sites is 2. The number of aromatic nitrogens is 2. The van der Waals surface area contributed by atoms with Crippen LogP contribution in [0, 0.1) is 0 Å². The smallest absolute Gasteiger partial charge is 0.131 e. The predicted octanol–water partition coefficient (Wildman–Crippen LogP) is 7.37. The first-order valence-electron chi connectivity index (χ1n) is 13.8. The SMILES string of the molecule is C=CC(C)[N+](CC)(Cc1c2ccccc2nc2ccccc12)C(CC)C(O)c1ccnc2ccc(OC)cc12. The van der Waals surface area contributed by atoms with Gasteiger partial charge in [-0.25, -0.2) is 4.98 Å². The molecule has 3 aromatic carbocycles. The van der Waals surface area contributed by atoms with Crippen LogP contribution >= 0.6 is 0 Å². The Labute approximate surface area is 231 Å². The summed E-state index contributed by atoms with van der Waals surface area (Å²) in [6.45, 7) is 12.4. The van der Waals surface area contributed by atoms with Gasteiger partial charge in [0, 0.05) is 27.9 Å². The third-order valence-corrected chi connectivity index (χ3v) is 8.64. The highest BCUT2D eigenvalue weighted by atomic mass is 16.5. The predicted molar refractivity (Wildman–Crippen MR) is 161 cm³/mol. The molecular weight excluding hydrogens is 482 g/mol. The Kier molecular flexibility index (Phi) is 7.65. The average Bonchev–Trinajstić information content (AvgIpc) is 2.99. The number of ether oxygens (including phenoxy) is 1. The molecule has 0 fully saturated rings. The lowest BCUT2D eigenvalue weighted by Gasteiger charge is -2.49. The van der Waals surface area contributed by atoms with Crippen LogP contribution in [0.2, 0.25) is 0 Å². The van der Waals surface area contributed by atoms with E-state index in [0.29, 0.717) is 4.48 Å². The molecule has 0 amide bonds. The van der Waals surface area contributed by atoms with Gasteiger partial charge in [-0.3, -0.25) is 4.98 Å². The number of aliphatic hydroxyl groups is 1. The number of aliphatic hydroxyl groups excluding tert-OH is 1. The van der Waals surface area contributed by atoms with Crippen LogP contribution in [0.5, 0.6) is 5.75 Å². The molecule has 4 atom stereocenters. The van der Waals surface area contributed by atoms with Gasteiger partial charge in [0.1, 0.15) is 30.5 Å². The summed E-state index contributed by atoms with van der Waals surface area (Å²) in [7, 11) is 1.66. The van der Waals surface area contributed by atoms with Crippen molar-refractivity contribution in [3.8, 4) is 5.75 Å². The largest absolute Gasteiger partial charge is 0.497 e. The summed E-state index contributed by atoms with van der Waals surface area (Å²) >= 11 is 0. The molecule has 5 heteroatoms.